The molecule has 1 aromatic carbocycles. The van der Waals surface area contributed by atoms with Gasteiger partial charge in [0.25, 0.3) is 0 Å². The molecule has 1 aliphatic heterocycles. The van der Waals surface area contributed by atoms with Gasteiger partial charge in [0.1, 0.15) is 18.1 Å². The smallest absolute Gasteiger partial charge is 0.242 e. The van der Waals surface area contributed by atoms with Crippen molar-refractivity contribution in [3.63, 3.8) is 0 Å². The lowest BCUT2D eigenvalue weighted by Gasteiger charge is -2.28. The van der Waals surface area contributed by atoms with Crippen LogP contribution in [-0.4, -0.2) is 54.0 Å². The monoisotopic (exact) mass is 414 g/mol. The molecule has 6 nitrogen and oxygen atoms in total. The van der Waals surface area contributed by atoms with Gasteiger partial charge >= 0.3 is 0 Å². The summed E-state index contributed by atoms with van der Waals surface area (Å²) >= 11 is 0. The molecule has 3 rings (SSSR count). The summed E-state index contributed by atoms with van der Waals surface area (Å²) in [6, 6.07) is 9.37. The van der Waals surface area contributed by atoms with Crippen LogP contribution in [0.4, 0.5) is 4.39 Å². The summed E-state index contributed by atoms with van der Waals surface area (Å²) in [4.78, 5) is 29.0. The first-order valence-electron chi connectivity index (χ1n) is 10.1. The summed E-state index contributed by atoms with van der Waals surface area (Å²) in [5.41, 5.74) is 0.690. The van der Waals surface area contributed by atoms with Gasteiger partial charge in [0, 0.05) is 19.7 Å². The summed E-state index contributed by atoms with van der Waals surface area (Å²) in [5, 5.41) is 0. The van der Waals surface area contributed by atoms with Crippen LogP contribution in [0.25, 0.3) is 0 Å². The Kier molecular flexibility index (Phi) is 7.79. The zero-order valence-corrected chi connectivity index (χ0v) is 17.0. The number of nitrogens with zero attached hydrogens (tertiary/aromatic N) is 2. The molecule has 2 aromatic rings. The summed E-state index contributed by atoms with van der Waals surface area (Å²) in [6.07, 6.45) is 5.12. The maximum absolute atomic E-state index is 13.1. The summed E-state index contributed by atoms with van der Waals surface area (Å²) in [5.74, 6) is -0.0811. The van der Waals surface area contributed by atoms with E-state index in [1.54, 1.807) is 35.4 Å². The van der Waals surface area contributed by atoms with Crippen LogP contribution >= 0.6 is 0 Å². The molecule has 0 N–H and O–H groups in total. The highest BCUT2D eigenvalue weighted by Crippen LogP contribution is 2.16. The average molecular weight is 414 g/mol. The van der Waals surface area contributed by atoms with Crippen LogP contribution in [0.5, 0.6) is 0 Å². The number of benzene rings is 1. The van der Waals surface area contributed by atoms with Gasteiger partial charge in [-0.25, -0.2) is 4.39 Å². The Bertz CT molecular complexity index is 829. The second-order valence-corrected chi connectivity index (χ2v) is 7.35. The zero-order chi connectivity index (χ0) is 21.3. The van der Waals surface area contributed by atoms with E-state index in [0.717, 1.165) is 12.8 Å². The van der Waals surface area contributed by atoms with Gasteiger partial charge in [-0.15, -0.1) is 6.58 Å². The van der Waals surface area contributed by atoms with Gasteiger partial charge in [-0.1, -0.05) is 18.2 Å². The zero-order valence-electron chi connectivity index (χ0n) is 17.0. The van der Waals surface area contributed by atoms with E-state index in [1.807, 2.05) is 6.07 Å². The van der Waals surface area contributed by atoms with Crippen molar-refractivity contribution in [3.05, 3.63) is 72.5 Å². The fraction of sp³-hybridized carbons (Fsp3) is 0.391. The number of rotatable bonds is 10. The highest BCUT2D eigenvalue weighted by atomic mass is 19.1. The summed E-state index contributed by atoms with van der Waals surface area (Å²) < 4.78 is 24.2. The van der Waals surface area contributed by atoms with E-state index in [-0.39, 0.29) is 43.2 Å². The molecule has 1 aliphatic rings. The highest BCUT2D eigenvalue weighted by Gasteiger charge is 2.26. The van der Waals surface area contributed by atoms with Crippen molar-refractivity contribution in [1.29, 1.82) is 0 Å². The minimum absolute atomic E-state index is 0.00770. The van der Waals surface area contributed by atoms with Gasteiger partial charge in [0.2, 0.25) is 11.8 Å². The molecular weight excluding hydrogens is 387 g/mol. The number of carbonyl (C=O) groups is 2. The summed E-state index contributed by atoms with van der Waals surface area (Å²) in [7, 11) is 0. The predicted molar refractivity (Wildman–Crippen MR) is 110 cm³/mol. The van der Waals surface area contributed by atoms with E-state index in [4.69, 9.17) is 9.15 Å². The Balaban J connectivity index is 1.66. The molecule has 0 spiro atoms. The molecule has 0 aliphatic carbocycles. The minimum atomic E-state index is -0.355. The van der Waals surface area contributed by atoms with E-state index in [1.165, 1.54) is 17.0 Å². The van der Waals surface area contributed by atoms with E-state index in [0.29, 0.717) is 31.0 Å². The topological polar surface area (TPSA) is 63.0 Å². The lowest BCUT2D eigenvalue weighted by Crippen LogP contribution is -2.45. The van der Waals surface area contributed by atoms with Crippen molar-refractivity contribution < 1.29 is 23.1 Å². The van der Waals surface area contributed by atoms with Gasteiger partial charge in [0.05, 0.1) is 25.3 Å². The third-order valence-electron chi connectivity index (χ3n) is 5.02. The van der Waals surface area contributed by atoms with Gasteiger partial charge in [-0.2, -0.15) is 0 Å². The minimum Gasteiger partial charge on any atom is -0.467 e. The molecule has 2 heterocycles. The van der Waals surface area contributed by atoms with E-state index >= 15 is 0 Å². The molecule has 0 unspecified atom stereocenters. The van der Waals surface area contributed by atoms with E-state index < -0.39 is 0 Å². The van der Waals surface area contributed by atoms with Gasteiger partial charge in [-0.3, -0.25) is 9.59 Å². The standard InChI is InChI=1S/C23H27FN2O4/c1-2-11-25(22(27)14-18-7-9-19(24)10-8-18)17-23(28)26(15-20-5-3-12-29-20)16-21-6-4-13-30-21/h2-3,5,7-10,12,21H,1,4,6,11,13-17H2/t21-/m0/s1. The molecular formula is C23H27FN2O4. The number of hydrogen-bond acceptors (Lipinski definition) is 4. The predicted octanol–water partition coefficient (Wildman–Crippen LogP) is 3.18. The first-order valence-corrected chi connectivity index (χ1v) is 10.1. The molecule has 0 radical (unpaired) electrons. The second-order valence-electron chi connectivity index (χ2n) is 7.35. The number of hydrogen-bond donors (Lipinski definition) is 0. The molecule has 1 saturated heterocycles. The highest BCUT2D eigenvalue weighted by molar-refractivity contribution is 5.86. The van der Waals surface area contributed by atoms with Gasteiger partial charge in [-0.05, 0) is 42.7 Å². The SMILES string of the molecule is C=CCN(CC(=O)N(Cc1ccco1)C[C@@H]1CCCO1)C(=O)Cc1ccc(F)cc1. The summed E-state index contributed by atoms with van der Waals surface area (Å²) in [6.45, 7) is 5.35. The molecule has 2 amide bonds. The normalized spacial score (nSPS) is 15.7. The van der Waals surface area contributed by atoms with Crippen molar-refractivity contribution >= 4 is 11.8 Å². The molecule has 1 fully saturated rings. The fourth-order valence-corrected chi connectivity index (χ4v) is 3.44. The first kappa shape index (κ1) is 21.8. The molecule has 1 aromatic heterocycles. The van der Waals surface area contributed by atoms with Crippen molar-refractivity contribution in [2.75, 3.05) is 26.2 Å². The largest absolute Gasteiger partial charge is 0.467 e. The molecule has 0 saturated carbocycles. The van der Waals surface area contributed by atoms with Gasteiger partial charge in [0.15, 0.2) is 0 Å². The van der Waals surface area contributed by atoms with E-state index in [2.05, 4.69) is 6.58 Å². The second kappa shape index (κ2) is 10.7. The molecule has 160 valence electrons. The molecule has 30 heavy (non-hydrogen) atoms. The number of carbonyl (C=O) groups excluding carboxylic acids is 2. The number of ether oxygens (including phenoxy) is 1. The van der Waals surface area contributed by atoms with Crippen LogP contribution in [0.2, 0.25) is 0 Å². The Morgan fingerprint density at radius 2 is 1.97 bits per heavy atom. The molecule has 1 atom stereocenters. The Labute approximate surface area is 175 Å². The quantitative estimate of drug-likeness (QED) is 0.560. The van der Waals surface area contributed by atoms with Crippen molar-refractivity contribution in [2.24, 2.45) is 0 Å². The third kappa shape index (κ3) is 6.29. The number of amides is 2. The van der Waals surface area contributed by atoms with Crippen LogP contribution in [0.1, 0.15) is 24.2 Å². The van der Waals surface area contributed by atoms with Crippen LogP contribution in [0.3, 0.4) is 0 Å². The Hall–Kier alpha value is -2.93. The maximum atomic E-state index is 13.1. The van der Waals surface area contributed by atoms with E-state index in [9.17, 15) is 14.0 Å². The maximum Gasteiger partial charge on any atom is 0.242 e. The Morgan fingerprint density at radius 1 is 1.17 bits per heavy atom. The van der Waals surface area contributed by atoms with Gasteiger partial charge < -0.3 is 19.0 Å². The van der Waals surface area contributed by atoms with Crippen molar-refractivity contribution in [1.82, 2.24) is 9.80 Å². The molecule has 7 heteroatoms. The Morgan fingerprint density at radius 3 is 2.60 bits per heavy atom. The number of furan rings is 1. The fourth-order valence-electron chi connectivity index (χ4n) is 3.44. The van der Waals surface area contributed by atoms with Crippen LogP contribution < -0.4 is 0 Å². The van der Waals surface area contributed by atoms with Crippen LogP contribution in [0, 0.1) is 5.82 Å². The third-order valence-corrected chi connectivity index (χ3v) is 5.02. The molecule has 0 bridgehead atoms. The average Bonchev–Trinajstić information content (AvgIpc) is 3.43. The van der Waals surface area contributed by atoms with Crippen molar-refractivity contribution in [3.8, 4) is 0 Å². The van der Waals surface area contributed by atoms with Crippen molar-refractivity contribution in [2.45, 2.75) is 31.9 Å². The first-order chi connectivity index (χ1) is 14.5. The lowest BCUT2D eigenvalue weighted by molar-refractivity contribution is -0.141. The van der Waals surface area contributed by atoms with Crippen LogP contribution in [-0.2, 0) is 27.3 Å². The van der Waals surface area contributed by atoms with Crippen LogP contribution in [0.15, 0.2) is 59.7 Å². The number of halogens is 1. The lowest BCUT2D eigenvalue weighted by atomic mass is 10.1.